The summed E-state index contributed by atoms with van der Waals surface area (Å²) in [6, 6.07) is 4.84. The Morgan fingerprint density at radius 3 is 2.74 bits per heavy atom. The number of rotatable bonds is 1. The van der Waals surface area contributed by atoms with E-state index in [1.165, 1.54) is 0 Å². The molecular formula is C13H14Cl2N2O2. The van der Waals surface area contributed by atoms with E-state index in [0.29, 0.717) is 28.2 Å². The Kier molecular flexibility index (Phi) is 3.33. The SMILES string of the molecule is O=C(Nc1ccc(Cl)c(Cl)c1)N1C[C@H]2C[C@@H](O)[C@H]2C1. The molecule has 1 saturated carbocycles. The number of benzene rings is 1. The van der Waals surface area contributed by atoms with E-state index < -0.39 is 0 Å². The number of halogens is 2. The van der Waals surface area contributed by atoms with Crippen LogP contribution < -0.4 is 5.32 Å². The second kappa shape index (κ2) is 4.85. The lowest BCUT2D eigenvalue weighted by atomic mass is 9.74. The largest absolute Gasteiger partial charge is 0.393 e. The Hall–Kier alpha value is -0.970. The van der Waals surface area contributed by atoms with E-state index in [2.05, 4.69) is 5.32 Å². The van der Waals surface area contributed by atoms with Gasteiger partial charge in [0.2, 0.25) is 0 Å². The average molecular weight is 301 g/mol. The molecule has 3 atom stereocenters. The number of aliphatic hydroxyl groups excluding tert-OH is 1. The van der Waals surface area contributed by atoms with Crippen LogP contribution in [0.25, 0.3) is 0 Å². The van der Waals surface area contributed by atoms with Gasteiger partial charge in [0.25, 0.3) is 0 Å². The molecule has 1 aromatic carbocycles. The van der Waals surface area contributed by atoms with E-state index in [4.69, 9.17) is 23.2 Å². The van der Waals surface area contributed by atoms with Crippen molar-refractivity contribution in [1.82, 2.24) is 4.90 Å². The third-order valence-electron chi connectivity index (χ3n) is 3.99. The number of likely N-dealkylation sites (tertiary alicyclic amines) is 1. The number of hydrogen-bond donors (Lipinski definition) is 2. The van der Waals surface area contributed by atoms with Crippen LogP contribution in [0.15, 0.2) is 18.2 Å². The highest BCUT2D eigenvalue weighted by Gasteiger charge is 2.47. The van der Waals surface area contributed by atoms with Crippen LogP contribution in [0.3, 0.4) is 0 Å². The van der Waals surface area contributed by atoms with E-state index in [1.807, 2.05) is 0 Å². The van der Waals surface area contributed by atoms with Gasteiger partial charge in [0.15, 0.2) is 0 Å². The third-order valence-corrected chi connectivity index (χ3v) is 4.73. The monoisotopic (exact) mass is 300 g/mol. The molecule has 19 heavy (non-hydrogen) atoms. The van der Waals surface area contributed by atoms with E-state index >= 15 is 0 Å². The lowest BCUT2D eigenvalue weighted by Gasteiger charge is -2.34. The van der Waals surface area contributed by atoms with Gasteiger partial charge in [0, 0.05) is 24.7 Å². The van der Waals surface area contributed by atoms with E-state index in [0.717, 1.165) is 13.0 Å². The fourth-order valence-electron chi connectivity index (χ4n) is 2.81. The summed E-state index contributed by atoms with van der Waals surface area (Å²) < 4.78 is 0. The van der Waals surface area contributed by atoms with Crippen LogP contribution in [0, 0.1) is 11.8 Å². The van der Waals surface area contributed by atoms with Gasteiger partial charge in [-0.1, -0.05) is 23.2 Å². The molecule has 2 N–H and O–H groups in total. The number of carbonyl (C=O) groups excluding carboxylic acids is 1. The van der Waals surface area contributed by atoms with Gasteiger partial charge < -0.3 is 15.3 Å². The second-order valence-corrected chi connectivity index (χ2v) is 6.01. The van der Waals surface area contributed by atoms with Gasteiger partial charge in [-0.2, -0.15) is 0 Å². The Morgan fingerprint density at radius 1 is 1.32 bits per heavy atom. The maximum Gasteiger partial charge on any atom is 0.321 e. The molecule has 2 aliphatic rings. The highest BCUT2D eigenvalue weighted by molar-refractivity contribution is 6.42. The van der Waals surface area contributed by atoms with Crippen molar-refractivity contribution in [1.29, 1.82) is 0 Å². The lowest BCUT2D eigenvalue weighted by Crippen LogP contribution is -2.40. The maximum absolute atomic E-state index is 12.1. The summed E-state index contributed by atoms with van der Waals surface area (Å²) in [5, 5.41) is 13.3. The van der Waals surface area contributed by atoms with Crippen molar-refractivity contribution in [3.05, 3.63) is 28.2 Å². The van der Waals surface area contributed by atoms with Gasteiger partial charge in [-0.15, -0.1) is 0 Å². The first kappa shape index (κ1) is 13.0. The van der Waals surface area contributed by atoms with Crippen molar-refractivity contribution in [3.8, 4) is 0 Å². The number of carbonyl (C=O) groups is 1. The van der Waals surface area contributed by atoms with Gasteiger partial charge >= 0.3 is 6.03 Å². The first-order valence-corrected chi connectivity index (χ1v) is 6.99. The van der Waals surface area contributed by atoms with E-state index in [9.17, 15) is 9.90 Å². The minimum absolute atomic E-state index is 0.153. The van der Waals surface area contributed by atoms with Crippen molar-refractivity contribution in [2.45, 2.75) is 12.5 Å². The molecule has 1 aliphatic carbocycles. The van der Waals surface area contributed by atoms with Crippen LogP contribution in [-0.2, 0) is 0 Å². The lowest BCUT2D eigenvalue weighted by molar-refractivity contribution is -0.00421. The molecule has 6 heteroatoms. The van der Waals surface area contributed by atoms with Gasteiger partial charge in [0.1, 0.15) is 0 Å². The fraction of sp³-hybridized carbons (Fsp3) is 0.462. The van der Waals surface area contributed by atoms with E-state index in [-0.39, 0.29) is 18.1 Å². The number of urea groups is 1. The Morgan fingerprint density at radius 2 is 2.11 bits per heavy atom. The summed E-state index contributed by atoms with van der Waals surface area (Å²) in [5.74, 6) is 0.703. The summed E-state index contributed by atoms with van der Waals surface area (Å²) in [7, 11) is 0. The zero-order valence-electron chi connectivity index (χ0n) is 10.1. The number of aliphatic hydroxyl groups is 1. The second-order valence-electron chi connectivity index (χ2n) is 5.19. The smallest absolute Gasteiger partial charge is 0.321 e. The quantitative estimate of drug-likeness (QED) is 0.838. The molecule has 1 saturated heterocycles. The topological polar surface area (TPSA) is 52.6 Å². The number of anilines is 1. The van der Waals surface area contributed by atoms with Crippen molar-refractivity contribution in [3.63, 3.8) is 0 Å². The number of hydrogen-bond acceptors (Lipinski definition) is 2. The highest BCUT2D eigenvalue weighted by Crippen LogP contribution is 2.40. The number of amides is 2. The molecule has 0 bridgehead atoms. The van der Waals surface area contributed by atoms with Crippen LogP contribution in [0.5, 0.6) is 0 Å². The van der Waals surface area contributed by atoms with Crippen LogP contribution >= 0.6 is 23.2 Å². The zero-order chi connectivity index (χ0) is 13.6. The molecular weight excluding hydrogens is 287 g/mol. The van der Waals surface area contributed by atoms with Crippen LogP contribution in [0.1, 0.15) is 6.42 Å². The summed E-state index contributed by atoms with van der Waals surface area (Å²) in [6.07, 6.45) is 0.564. The number of fused-ring (bicyclic) bond motifs is 1. The van der Waals surface area contributed by atoms with Crippen LogP contribution in [0.4, 0.5) is 10.5 Å². The first-order chi connectivity index (χ1) is 9.04. The Labute approximate surface area is 121 Å². The third kappa shape index (κ3) is 2.40. The van der Waals surface area contributed by atoms with Crippen LogP contribution in [-0.4, -0.2) is 35.2 Å². The maximum atomic E-state index is 12.1. The first-order valence-electron chi connectivity index (χ1n) is 6.23. The molecule has 0 unspecified atom stereocenters. The number of nitrogens with one attached hydrogen (secondary N) is 1. The summed E-state index contributed by atoms with van der Waals surface area (Å²) in [5.41, 5.74) is 0.624. The minimum atomic E-state index is -0.243. The zero-order valence-corrected chi connectivity index (χ0v) is 11.7. The molecule has 102 valence electrons. The molecule has 2 amide bonds. The van der Waals surface area contributed by atoms with Crippen molar-refractivity contribution in [2.75, 3.05) is 18.4 Å². The number of nitrogens with zero attached hydrogens (tertiary/aromatic N) is 1. The molecule has 1 aliphatic heterocycles. The average Bonchev–Trinajstić information content (AvgIpc) is 2.71. The summed E-state index contributed by atoms with van der Waals surface area (Å²) >= 11 is 11.7. The Balaban J connectivity index is 1.64. The van der Waals surface area contributed by atoms with Crippen molar-refractivity contribution in [2.24, 2.45) is 11.8 Å². The predicted molar refractivity (Wildman–Crippen MR) is 74.7 cm³/mol. The van der Waals surface area contributed by atoms with Gasteiger partial charge in [0.05, 0.1) is 16.1 Å². The molecule has 2 fully saturated rings. The van der Waals surface area contributed by atoms with Crippen molar-refractivity contribution < 1.29 is 9.90 Å². The van der Waals surface area contributed by atoms with Gasteiger partial charge in [-0.25, -0.2) is 4.79 Å². The van der Waals surface area contributed by atoms with Gasteiger partial charge in [-0.05, 0) is 30.5 Å². The summed E-state index contributed by atoms with van der Waals surface area (Å²) in [4.78, 5) is 13.8. The molecule has 0 spiro atoms. The highest BCUT2D eigenvalue weighted by atomic mass is 35.5. The summed E-state index contributed by atoms with van der Waals surface area (Å²) in [6.45, 7) is 1.34. The molecule has 0 aromatic heterocycles. The minimum Gasteiger partial charge on any atom is -0.393 e. The molecule has 0 radical (unpaired) electrons. The standard InChI is InChI=1S/C13H14Cl2N2O2/c14-10-2-1-8(4-11(10)15)16-13(19)17-5-7-3-12(18)9(7)6-17/h1-2,4,7,9,12,18H,3,5-6H2,(H,16,19)/t7-,9+,12-/m1/s1. The van der Waals surface area contributed by atoms with Crippen molar-refractivity contribution >= 4 is 34.9 Å². The molecule has 1 aromatic rings. The van der Waals surface area contributed by atoms with Crippen LogP contribution in [0.2, 0.25) is 10.0 Å². The van der Waals surface area contributed by atoms with Gasteiger partial charge in [-0.3, -0.25) is 0 Å². The fourth-order valence-corrected chi connectivity index (χ4v) is 3.11. The Bertz CT molecular complexity index is 523. The molecule has 1 heterocycles. The van der Waals surface area contributed by atoms with E-state index in [1.54, 1.807) is 23.1 Å². The molecule has 3 rings (SSSR count). The predicted octanol–water partition coefficient (Wildman–Crippen LogP) is 2.84. The molecule has 4 nitrogen and oxygen atoms in total. The normalized spacial score (nSPS) is 28.8.